The first kappa shape index (κ1) is 17.9. The van der Waals surface area contributed by atoms with Gasteiger partial charge in [0, 0.05) is 37.8 Å². The van der Waals surface area contributed by atoms with Crippen LogP contribution in [-0.2, 0) is 14.3 Å². The van der Waals surface area contributed by atoms with E-state index in [9.17, 15) is 24.5 Å². The summed E-state index contributed by atoms with van der Waals surface area (Å²) < 4.78 is 4.68. The first-order valence-electron chi connectivity index (χ1n) is 7.14. The Labute approximate surface area is 142 Å². The molecule has 128 valence electrons. The lowest BCUT2D eigenvalue weighted by Gasteiger charge is -2.19. The van der Waals surface area contributed by atoms with E-state index in [0.717, 1.165) is 11.8 Å². The van der Waals surface area contributed by atoms with Gasteiger partial charge in [-0.3, -0.25) is 19.7 Å². The molecule has 0 spiro atoms. The van der Waals surface area contributed by atoms with Crippen LogP contribution < -0.4 is 4.90 Å². The number of hydrogen-bond donors (Lipinski definition) is 0. The largest absolute Gasteiger partial charge is 0.465 e. The summed E-state index contributed by atoms with van der Waals surface area (Å²) in [5.41, 5.74) is 0.0414. The summed E-state index contributed by atoms with van der Waals surface area (Å²) in [5, 5.41) is 11.0. The minimum absolute atomic E-state index is 0.0357. The van der Waals surface area contributed by atoms with E-state index in [4.69, 9.17) is 0 Å². The van der Waals surface area contributed by atoms with Crippen molar-refractivity contribution in [2.75, 3.05) is 24.3 Å². The fourth-order valence-electron chi connectivity index (χ4n) is 2.50. The number of nitro benzene ring substituents is 1. The van der Waals surface area contributed by atoms with Crippen LogP contribution in [0, 0.1) is 16.0 Å². The summed E-state index contributed by atoms with van der Waals surface area (Å²) >= 11 is 1.13. The lowest BCUT2D eigenvalue weighted by atomic mass is 10.1. The van der Waals surface area contributed by atoms with E-state index in [0.29, 0.717) is 12.3 Å². The molecule has 1 aliphatic heterocycles. The van der Waals surface area contributed by atoms with E-state index < -0.39 is 10.9 Å². The van der Waals surface area contributed by atoms with Gasteiger partial charge in [0.2, 0.25) is 5.91 Å². The highest BCUT2D eigenvalue weighted by Gasteiger charge is 2.34. The van der Waals surface area contributed by atoms with Crippen molar-refractivity contribution in [1.29, 1.82) is 0 Å². The van der Waals surface area contributed by atoms with Crippen LogP contribution in [0.5, 0.6) is 0 Å². The van der Waals surface area contributed by atoms with Gasteiger partial charge in [0.25, 0.3) is 5.69 Å². The predicted molar refractivity (Wildman–Crippen MR) is 88.0 cm³/mol. The van der Waals surface area contributed by atoms with E-state index >= 15 is 0 Å². The van der Waals surface area contributed by atoms with Crippen molar-refractivity contribution in [3.63, 3.8) is 0 Å². The van der Waals surface area contributed by atoms with Gasteiger partial charge in [0.1, 0.15) is 0 Å². The number of carbonyl (C=O) groups is 3. The van der Waals surface area contributed by atoms with Gasteiger partial charge in [-0.2, -0.15) is 0 Å². The second kappa shape index (κ2) is 7.43. The van der Waals surface area contributed by atoms with Gasteiger partial charge in [-0.05, 0) is 12.0 Å². The normalized spacial score (nSPS) is 17.0. The Kier molecular flexibility index (Phi) is 5.55. The molecule has 0 N–H and O–H groups in total. The average molecular weight is 352 g/mol. The molecule has 1 unspecified atom stereocenters. The number of esters is 1. The van der Waals surface area contributed by atoms with Crippen molar-refractivity contribution in [1.82, 2.24) is 0 Å². The van der Waals surface area contributed by atoms with Gasteiger partial charge < -0.3 is 9.64 Å². The second-order valence-electron chi connectivity index (χ2n) is 5.33. The highest BCUT2D eigenvalue weighted by molar-refractivity contribution is 8.13. The fourth-order valence-corrected chi connectivity index (χ4v) is 3.19. The molecule has 1 heterocycles. The monoisotopic (exact) mass is 352 g/mol. The summed E-state index contributed by atoms with van der Waals surface area (Å²) in [6.07, 6.45) is 0.226. The molecule has 24 heavy (non-hydrogen) atoms. The van der Waals surface area contributed by atoms with Crippen LogP contribution in [0.15, 0.2) is 18.2 Å². The summed E-state index contributed by atoms with van der Waals surface area (Å²) in [6.45, 7) is 1.75. The minimum atomic E-state index is -0.672. The van der Waals surface area contributed by atoms with E-state index in [1.807, 2.05) is 0 Å². The van der Waals surface area contributed by atoms with E-state index in [-0.39, 0.29) is 40.3 Å². The number of hydrogen-bond acceptors (Lipinski definition) is 7. The van der Waals surface area contributed by atoms with Crippen molar-refractivity contribution >= 4 is 40.1 Å². The molecule has 1 saturated heterocycles. The Balaban J connectivity index is 2.33. The molecular formula is C15H16N2O6S. The molecule has 0 radical (unpaired) electrons. The van der Waals surface area contributed by atoms with E-state index in [2.05, 4.69) is 4.74 Å². The van der Waals surface area contributed by atoms with Crippen molar-refractivity contribution < 1.29 is 24.0 Å². The highest BCUT2D eigenvalue weighted by Crippen LogP contribution is 2.32. The summed E-state index contributed by atoms with van der Waals surface area (Å²) in [5.74, 6) is -0.486. The van der Waals surface area contributed by atoms with Crippen LogP contribution in [0.4, 0.5) is 11.4 Å². The van der Waals surface area contributed by atoms with Crippen LogP contribution in [-0.4, -0.2) is 41.3 Å². The van der Waals surface area contributed by atoms with Gasteiger partial charge in [0.15, 0.2) is 5.12 Å². The summed E-state index contributed by atoms with van der Waals surface area (Å²) in [4.78, 5) is 47.0. The fraction of sp³-hybridized carbons (Fsp3) is 0.400. The van der Waals surface area contributed by atoms with E-state index in [1.54, 1.807) is 0 Å². The summed E-state index contributed by atoms with van der Waals surface area (Å²) in [7, 11) is 1.20. The Bertz CT molecular complexity index is 705. The zero-order valence-corrected chi connectivity index (χ0v) is 14.0. The molecule has 1 atom stereocenters. The number of thioether (sulfide) groups is 1. The maximum Gasteiger partial charge on any atom is 0.339 e. The number of amides is 1. The van der Waals surface area contributed by atoms with Gasteiger partial charge >= 0.3 is 5.97 Å². The average Bonchev–Trinajstić information content (AvgIpc) is 2.92. The van der Waals surface area contributed by atoms with Gasteiger partial charge in [-0.15, -0.1) is 0 Å². The highest BCUT2D eigenvalue weighted by atomic mass is 32.2. The molecular weight excluding hydrogens is 336 g/mol. The number of benzene rings is 1. The first-order chi connectivity index (χ1) is 11.3. The Hall–Kier alpha value is -2.42. The van der Waals surface area contributed by atoms with Gasteiger partial charge in [0.05, 0.1) is 23.3 Å². The maximum absolute atomic E-state index is 12.3. The van der Waals surface area contributed by atoms with E-state index in [1.165, 1.54) is 37.1 Å². The Morgan fingerprint density at radius 2 is 2.17 bits per heavy atom. The molecule has 8 nitrogen and oxygen atoms in total. The zero-order valence-electron chi connectivity index (χ0n) is 13.2. The van der Waals surface area contributed by atoms with Crippen molar-refractivity contribution in [2.45, 2.75) is 13.3 Å². The molecule has 2 rings (SSSR count). The number of carbonyl (C=O) groups excluding carboxylic acids is 3. The molecule has 0 bridgehead atoms. The predicted octanol–water partition coefficient (Wildman–Crippen LogP) is 2.01. The first-order valence-corrected chi connectivity index (χ1v) is 8.12. The number of nitrogens with zero attached hydrogens (tertiary/aromatic N) is 2. The lowest BCUT2D eigenvalue weighted by molar-refractivity contribution is -0.384. The molecule has 0 aliphatic carbocycles. The summed E-state index contributed by atoms with van der Waals surface area (Å²) in [6, 6.07) is 3.67. The molecule has 0 aromatic heterocycles. The Morgan fingerprint density at radius 3 is 2.75 bits per heavy atom. The number of non-ortho nitro benzene ring substituents is 1. The lowest BCUT2D eigenvalue weighted by Crippen LogP contribution is -2.27. The topological polar surface area (TPSA) is 107 Å². The molecule has 1 amide bonds. The van der Waals surface area contributed by atoms with Crippen molar-refractivity contribution in [3.8, 4) is 0 Å². The second-order valence-corrected chi connectivity index (χ2v) is 6.52. The van der Waals surface area contributed by atoms with Crippen LogP contribution in [0.3, 0.4) is 0 Å². The van der Waals surface area contributed by atoms with Gasteiger partial charge in [-0.25, -0.2) is 4.79 Å². The van der Waals surface area contributed by atoms with Crippen LogP contribution in [0.2, 0.25) is 0 Å². The SMILES string of the molecule is COC(=O)c1ccc([N+](=O)[O-])cc1N1CC(CSC(C)=O)CC1=O. The standard InChI is InChI=1S/C15H16N2O6S/c1-9(18)24-8-10-5-14(19)16(7-10)13-6-11(17(21)22)3-4-12(13)15(20)23-2/h3-4,6,10H,5,7-8H2,1-2H3. The quantitative estimate of drug-likeness (QED) is 0.453. The van der Waals surface area contributed by atoms with Crippen molar-refractivity contribution in [2.24, 2.45) is 5.92 Å². The van der Waals surface area contributed by atoms with Crippen LogP contribution >= 0.6 is 11.8 Å². The number of ether oxygens (including phenoxy) is 1. The third kappa shape index (κ3) is 3.91. The van der Waals surface area contributed by atoms with Crippen LogP contribution in [0.25, 0.3) is 0 Å². The van der Waals surface area contributed by atoms with Gasteiger partial charge in [-0.1, -0.05) is 11.8 Å². The molecule has 1 aromatic rings. The number of methoxy groups -OCH3 is 1. The molecule has 0 saturated carbocycles. The smallest absolute Gasteiger partial charge is 0.339 e. The van der Waals surface area contributed by atoms with Crippen LogP contribution in [0.1, 0.15) is 23.7 Å². The number of anilines is 1. The number of rotatable bonds is 5. The third-order valence-corrected chi connectivity index (χ3v) is 4.66. The number of nitro groups is 1. The Morgan fingerprint density at radius 1 is 1.46 bits per heavy atom. The molecule has 9 heteroatoms. The minimum Gasteiger partial charge on any atom is -0.465 e. The molecule has 1 aromatic carbocycles. The third-order valence-electron chi connectivity index (χ3n) is 3.62. The maximum atomic E-state index is 12.3. The molecule has 1 aliphatic rings. The molecule has 1 fully saturated rings. The zero-order chi connectivity index (χ0) is 17.9. The van der Waals surface area contributed by atoms with Crippen molar-refractivity contribution in [3.05, 3.63) is 33.9 Å².